The van der Waals surface area contributed by atoms with Gasteiger partial charge >= 0.3 is 12.4 Å². The lowest BCUT2D eigenvalue weighted by Gasteiger charge is -2.32. The van der Waals surface area contributed by atoms with Gasteiger partial charge in [-0.1, -0.05) is 44.2 Å². The summed E-state index contributed by atoms with van der Waals surface area (Å²) in [7, 11) is 0. The Bertz CT molecular complexity index is 1120. The zero-order valence-corrected chi connectivity index (χ0v) is 19.2. The van der Waals surface area contributed by atoms with E-state index < -0.39 is 46.4 Å². The zero-order chi connectivity index (χ0) is 26.2. The number of allylic oxidation sites excluding steroid dienone is 1. The highest BCUT2D eigenvalue weighted by Crippen LogP contribution is 2.43. The summed E-state index contributed by atoms with van der Waals surface area (Å²) in [6.45, 7) is 5.09. The van der Waals surface area contributed by atoms with Gasteiger partial charge in [0.05, 0.1) is 22.2 Å². The molecule has 0 spiro atoms. The zero-order valence-electron chi connectivity index (χ0n) is 19.2. The van der Waals surface area contributed by atoms with Gasteiger partial charge in [-0.05, 0) is 42.7 Å². The molecule has 0 aliphatic carbocycles. The molecule has 0 aromatic heterocycles. The van der Waals surface area contributed by atoms with Crippen molar-refractivity contribution in [2.24, 2.45) is 11.3 Å². The van der Waals surface area contributed by atoms with Gasteiger partial charge in [0.1, 0.15) is 0 Å². The van der Waals surface area contributed by atoms with Gasteiger partial charge in [0.15, 0.2) is 0 Å². The summed E-state index contributed by atoms with van der Waals surface area (Å²) in [6.07, 6.45) is -6.76. The number of amides is 2. The van der Waals surface area contributed by atoms with Crippen LogP contribution in [0.5, 0.6) is 0 Å². The molecule has 188 valence electrons. The molecule has 1 aliphatic rings. The van der Waals surface area contributed by atoms with Crippen molar-refractivity contribution in [1.82, 2.24) is 0 Å². The van der Waals surface area contributed by atoms with E-state index in [-0.39, 0.29) is 24.9 Å². The maximum absolute atomic E-state index is 13.4. The van der Waals surface area contributed by atoms with Gasteiger partial charge < -0.3 is 10.2 Å². The average Bonchev–Trinajstić information content (AvgIpc) is 3.11. The number of rotatable bonds is 5. The van der Waals surface area contributed by atoms with E-state index in [4.69, 9.17) is 0 Å². The van der Waals surface area contributed by atoms with Crippen LogP contribution in [-0.2, 0) is 21.9 Å². The number of hydrogen-bond donors (Lipinski definition) is 1. The summed E-state index contributed by atoms with van der Waals surface area (Å²) in [5, 5.41) is 2.23. The first-order valence-corrected chi connectivity index (χ1v) is 10.8. The molecule has 1 N–H and O–H groups in total. The van der Waals surface area contributed by atoms with Crippen molar-refractivity contribution in [3.63, 3.8) is 0 Å². The molecule has 2 aromatic rings. The second-order valence-corrected chi connectivity index (χ2v) is 8.77. The average molecular weight is 498 g/mol. The van der Waals surface area contributed by atoms with Crippen molar-refractivity contribution in [3.8, 4) is 0 Å². The second-order valence-electron chi connectivity index (χ2n) is 8.77. The van der Waals surface area contributed by atoms with Gasteiger partial charge in [0.25, 0.3) is 0 Å². The van der Waals surface area contributed by atoms with E-state index >= 15 is 0 Å². The van der Waals surface area contributed by atoms with Crippen molar-refractivity contribution in [2.75, 3.05) is 16.8 Å². The number of benzene rings is 2. The van der Waals surface area contributed by atoms with Gasteiger partial charge in [0.2, 0.25) is 11.8 Å². The number of carbonyl (C=O) groups is 2. The van der Waals surface area contributed by atoms with E-state index in [0.29, 0.717) is 17.8 Å². The van der Waals surface area contributed by atoms with Crippen molar-refractivity contribution < 1.29 is 35.9 Å². The molecule has 1 unspecified atom stereocenters. The molecule has 1 atom stereocenters. The Kier molecular flexibility index (Phi) is 7.06. The second kappa shape index (κ2) is 9.39. The van der Waals surface area contributed by atoms with Gasteiger partial charge in [-0.2, -0.15) is 26.3 Å². The van der Waals surface area contributed by atoms with Crippen LogP contribution in [0.1, 0.15) is 43.9 Å². The Morgan fingerprint density at radius 3 is 2.11 bits per heavy atom. The lowest BCUT2D eigenvalue weighted by molar-refractivity contribution is -0.143. The fourth-order valence-electron chi connectivity index (χ4n) is 4.15. The van der Waals surface area contributed by atoms with Crippen LogP contribution < -0.4 is 10.2 Å². The quantitative estimate of drug-likeness (QED) is 0.463. The molecular formula is C25H24F6N2O2. The normalized spacial score (nSPS) is 19.1. The van der Waals surface area contributed by atoms with Crippen LogP contribution in [-0.4, -0.2) is 18.4 Å². The number of carbonyl (C=O) groups excluding carboxylic acids is 2. The third kappa shape index (κ3) is 5.36. The Balaban J connectivity index is 2.00. The van der Waals surface area contributed by atoms with Crippen LogP contribution in [0.4, 0.5) is 37.7 Å². The van der Waals surface area contributed by atoms with Crippen LogP contribution >= 0.6 is 0 Å². The summed E-state index contributed by atoms with van der Waals surface area (Å²) in [5.74, 6) is -1.64. The van der Waals surface area contributed by atoms with E-state index in [0.717, 1.165) is 5.56 Å². The van der Waals surface area contributed by atoms with Gasteiger partial charge in [-0.25, -0.2) is 0 Å². The highest BCUT2D eigenvalue weighted by atomic mass is 19.4. The number of nitrogens with zero attached hydrogens (tertiary/aromatic N) is 1. The monoisotopic (exact) mass is 498 g/mol. The fraction of sp³-hybridized carbons (Fsp3) is 0.360. The van der Waals surface area contributed by atoms with E-state index in [1.165, 1.54) is 4.90 Å². The van der Waals surface area contributed by atoms with Crippen molar-refractivity contribution in [1.29, 1.82) is 0 Å². The van der Waals surface area contributed by atoms with Crippen molar-refractivity contribution in [3.05, 3.63) is 65.2 Å². The van der Waals surface area contributed by atoms with E-state index in [9.17, 15) is 35.9 Å². The molecule has 0 radical (unpaired) electrons. The summed E-state index contributed by atoms with van der Waals surface area (Å²) in [6, 6.07) is 7.92. The molecule has 2 amide bonds. The highest BCUT2D eigenvalue weighted by molar-refractivity contribution is 6.06. The predicted octanol–water partition coefficient (Wildman–Crippen LogP) is 6.78. The number of halogens is 6. The maximum atomic E-state index is 13.4. The standard InChI is InChI=1S/C25H24F6N2O2/c1-4-7-16-8-5-6-9-20(16)33-14-23(15(2)3,13-21(33)34)22(35)32-19-11-17(24(26,27)28)10-18(12-19)25(29,30)31/h4-12,15H,13-14H2,1-3H3,(H,32,35)/b7-4+. The molecule has 0 saturated carbocycles. The molecule has 4 nitrogen and oxygen atoms in total. The number of para-hydroxylation sites is 1. The molecule has 0 bridgehead atoms. The Hall–Kier alpha value is -3.30. The smallest absolute Gasteiger partial charge is 0.326 e. The van der Waals surface area contributed by atoms with Crippen molar-refractivity contribution >= 4 is 29.3 Å². The molecule has 1 fully saturated rings. The van der Waals surface area contributed by atoms with Gasteiger partial charge in [-0.15, -0.1) is 0 Å². The predicted molar refractivity (Wildman–Crippen MR) is 120 cm³/mol. The summed E-state index contributed by atoms with van der Waals surface area (Å²) < 4.78 is 79.4. The first-order valence-electron chi connectivity index (χ1n) is 10.8. The Labute approximate surface area is 198 Å². The number of anilines is 2. The molecule has 3 rings (SSSR count). The Morgan fingerprint density at radius 1 is 1.03 bits per heavy atom. The van der Waals surface area contributed by atoms with Crippen LogP contribution in [0.2, 0.25) is 0 Å². The highest BCUT2D eigenvalue weighted by Gasteiger charge is 2.51. The lowest BCUT2D eigenvalue weighted by atomic mass is 9.75. The molecule has 1 heterocycles. The van der Waals surface area contributed by atoms with E-state index in [1.54, 1.807) is 57.2 Å². The third-order valence-electron chi connectivity index (χ3n) is 6.18. The topological polar surface area (TPSA) is 49.4 Å². The molecule has 2 aromatic carbocycles. The van der Waals surface area contributed by atoms with Crippen LogP contribution in [0, 0.1) is 11.3 Å². The Morgan fingerprint density at radius 2 is 1.60 bits per heavy atom. The lowest BCUT2D eigenvalue weighted by Crippen LogP contribution is -2.43. The van der Waals surface area contributed by atoms with E-state index in [2.05, 4.69) is 5.32 Å². The van der Waals surface area contributed by atoms with Crippen LogP contribution in [0.15, 0.2) is 48.5 Å². The molecule has 1 aliphatic heterocycles. The van der Waals surface area contributed by atoms with E-state index in [1.807, 2.05) is 0 Å². The number of hydrogen-bond acceptors (Lipinski definition) is 2. The largest absolute Gasteiger partial charge is 0.416 e. The van der Waals surface area contributed by atoms with Gasteiger partial charge in [-0.3, -0.25) is 9.59 Å². The van der Waals surface area contributed by atoms with Crippen LogP contribution in [0.3, 0.4) is 0 Å². The first-order chi connectivity index (χ1) is 16.2. The van der Waals surface area contributed by atoms with Crippen LogP contribution in [0.25, 0.3) is 6.08 Å². The van der Waals surface area contributed by atoms with Crippen molar-refractivity contribution in [2.45, 2.75) is 39.5 Å². The minimum atomic E-state index is -5.05. The molecule has 1 saturated heterocycles. The maximum Gasteiger partial charge on any atom is 0.416 e. The molecular weight excluding hydrogens is 474 g/mol. The fourth-order valence-corrected chi connectivity index (χ4v) is 4.15. The minimum absolute atomic E-state index is 0.00706. The number of alkyl halides is 6. The molecule has 35 heavy (non-hydrogen) atoms. The summed E-state index contributed by atoms with van der Waals surface area (Å²) >= 11 is 0. The summed E-state index contributed by atoms with van der Waals surface area (Å²) in [4.78, 5) is 27.8. The minimum Gasteiger partial charge on any atom is -0.326 e. The SMILES string of the molecule is C/C=C/c1ccccc1N1CC(C(=O)Nc2cc(C(F)(F)F)cc(C(F)(F)F)c2)(C(C)C)CC1=O. The van der Waals surface area contributed by atoms with Gasteiger partial charge in [0, 0.05) is 18.7 Å². The summed E-state index contributed by atoms with van der Waals surface area (Å²) in [5.41, 5.74) is -3.79. The third-order valence-corrected chi connectivity index (χ3v) is 6.18. The molecule has 10 heteroatoms. The first kappa shape index (κ1) is 26.3. The number of nitrogens with one attached hydrogen (secondary N) is 1.